The van der Waals surface area contributed by atoms with E-state index in [1.54, 1.807) is 59.7 Å². The van der Waals surface area contributed by atoms with E-state index in [0.29, 0.717) is 0 Å². The lowest BCUT2D eigenvalue weighted by Crippen LogP contribution is -2.40. The van der Waals surface area contributed by atoms with Gasteiger partial charge in [0.2, 0.25) is 0 Å². The first kappa shape index (κ1) is 24.5. The maximum Gasteiger partial charge on any atom is 0.408 e. The average Bonchev–Trinajstić information content (AvgIpc) is 2.49. The molecule has 0 aliphatic carbocycles. The predicted molar refractivity (Wildman–Crippen MR) is 109 cm³/mol. The summed E-state index contributed by atoms with van der Waals surface area (Å²) < 4.78 is 39.7. The number of alkyl carbamates (subject to hydrolysis) is 1. The Hall–Kier alpha value is -2.55. The standard InChI is InChI=1S/C20H29NO7S/c1-19(2,3)26-17(22)14-15(21-18(23)27-20(4,5)6)12-13-29(24,25)28-16-10-8-7-9-11-16/h7-13,15H,14H2,1-6H3,(H,21,23)/t15-/m1/s1. The molecule has 1 N–H and O–H groups in total. The van der Waals surface area contributed by atoms with Gasteiger partial charge in [-0.05, 0) is 59.8 Å². The Balaban J connectivity index is 2.92. The highest BCUT2D eigenvalue weighted by Gasteiger charge is 2.23. The van der Waals surface area contributed by atoms with E-state index >= 15 is 0 Å². The first-order valence-electron chi connectivity index (χ1n) is 9.04. The van der Waals surface area contributed by atoms with Crippen LogP contribution in [0.5, 0.6) is 5.75 Å². The topological polar surface area (TPSA) is 108 Å². The van der Waals surface area contributed by atoms with Crippen LogP contribution in [0.2, 0.25) is 0 Å². The number of hydrogen-bond donors (Lipinski definition) is 1. The van der Waals surface area contributed by atoms with E-state index in [0.717, 1.165) is 11.5 Å². The SMILES string of the molecule is CC(C)(C)OC(=O)C[C@@H](C=CS(=O)(=O)Oc1ccccc1)NC(=O)OC(C)(C)C. The highest BCUT2D eigenvalue weighted by atomic mass is 32.2. The van der Waals surface area contributed by atoms with Gasteiger partial charge in [-0.25, -0.2) is 4.79 Å². The summed E-state index contributed by atoms with van der Waals surface area (Å²) in [6.45, 7) is 10.2. The Morgan fingerprint density at radius 2 is 1.55 bits per heavy atom. The van der Waals surface area contributed by atoms with Gasteiger partial charge in [0.1, 0.15) is 17.0 Å². The van der Waals surface area contributed by atoms with Gasteiger partial charge in [0.25, 0.3) is 0 Å². The first-order valence-corrected chi connectivity index (χ1v) is 10.5. The zero-order valence-electron chi connectivity index (χ0n) is 17.6. The zero-order valence-corrected chi connectivity index (χ0v) is 18.4. The second kappa shape index (κ2) is 9.78. The van der Waals surface area contributed by atoms with E-state index in [-0.39, 0.29) is 12.2 Å². The quantitative estimate of drug-likeness (QED) is 0.524. The molecule has 1 rings (SSSR count). The second-order valence-corrected chi connectivity index (χ2v) is 9.69. The van der Waals surface area contributed by atoms with Crippen LogP contribution in [0.25, 0.3) is 0 Å². The summed E-state index contributed by atoms with van der Waals surface area (Å²) in [5.74, 6) is -0.467. The molecule has 0 aromatic heterocycles. The van der Waals surface area contributed by atoms with Crippen LogP contribution in [0.15, 0.2) is 41.8 Å². The van der Waals surface area contributed by atoms with Crippen LogP contribution in [0.4, 0.5) is 4.79 Å². The highest BCUT2D eigenvalue weighted by molar-refractivity contribution is 7.90. The van der Waals surface area contributed by atoms with Crippen molar-refractivity contribution in [1.82, 2.24) is 5.32 Å². The number of esters is 1. The van der Waals surface area contributed by atoms with Crippen molar-refractivity contribution in [2.75, 3.05) is 0 Å². The number of hydrogen-bond acceptors (Lipinski definition) is 7. The van der Waals surface area contributed by atoms with E-state index in [1.807, 2.05) is 0 Å². The molecular formula is C20H29NO7S. The molecule has 0 heterocycles. The minimum atomic E-state index is -4.10. The second-order valence-electron chi connectivity index (χ2n) is 8.26. The van der Waals surface area contributed by atoms with Crippen molar-refractivity contribution in [3.8, 4) is 5.75 Å². The van der Waals surface area contributed by atoms with Crippen molar-refractivity contribution in [1.29, 1.82) is 0 Å². The molecule has 1 aromatic carbocycles. The molecule has 0 saturated heterocycles. The summed E-state index contributed by atoms with van der Waals surface area (Å²) in [4.78, 5) is 24.2. The Bertz CT molecular complexity index is 789. The first-order chi connectivity index (χ1) is 13.2. The molecule has 1 atom stereocenters. The molecule has 0 saturated carbocycles. The minimum absolute atomic E-state index is 0.140. The summed E-state index contributed by atoms with van der Waals surface area (Å²) in [7, 11) is -4.10. The number of nitrogens with one attached hydrogen (secondary N) is 1. The van der Waals surface area contributed by atoms with Crippen molar-refractivity contribution in [2.45, 2.75) is 65.2 Å². The van der Waals surface area contributed by atoms with Gasteiger partial charge in [-0.15, -0.1) is 0 Å². The highest BCUT2D eigenvalue weighted by Crippen LogP contribution is 2.14. The van der Waals surface area contributed by atoms with Gasteiger partial charge in [-0.2, -0.15) is 8.42 Å². The summed E-state index contributed by atoms with van der Waals surface area (Å²) in [5, 5.41) is 3.24. The molecule has 0 unspecified atom stereocenters. The number of ether oxygens (including phenoxy) is 2. The van der Waals surface area contributed by atoms with Gasteiger partial charge in [-0.1, -0.05) is 18.2 Å². The number of para-hydroxylation sites is 1. The largest absolute Gasteiger partial charge is 0.460 e. The lowest BCUT2D eigenvalue weighted by Gasteiger charge is -2.23. The fourth-order valence-corrected chi connectivity index (χ4v) is 2.83. The zero-order chi connectivity index (χ0) is 22.3. The molecule has 0 bridgehead atoms. The van der Waals surface area contributed by atoms with Crippen molar-refractivity contribution in [3.63, 3.8) is 0 Å². The van der Waals surface area contributed by atoms with Crippen LogP contribution in [-0.4, -0.2) is 37.7 Å². The van der Waals surface area contributed by atoms with Gasteiger partial charge in [0.05, 0.1) is 17.9 Å². The molecule has 0 spiro atoms. The summed E-state index contributed by atoms with van der Waals surface area (Å²) >= 11 is 0. The number of rotatable bonds is 7. The van der Waals surface area contributed by atoms with Crippen LogP contribution in [0, 0.1) is 0 Å². The Kier molecular flexibility index (Phi) is 8.25. The van der Waals surface area contributed by atoms with E-state index in [9.17, 15) is 18.0 Å². The van der Waals surface area contributed by atoms with Gasteiger partial charge in [0, 0.05) is 0 Å². The third-order valence-electron chi connectivity index (χ3n) is 2.94. The van der Waals surface area contributed by atoms with Crippen LogP contribution in [0.3, 0.4) is 0 Å². The average molecular weight is 428 g/mol. The fraction of sp³-hybridized carbons (Fsp3) is 0.500. The number of amides is 1. The summed E-state index contributed by atoms with van der Waals surface area (Å²) in [5.41, 5.74) is -1.48. The van der Waals surface area contributed by atoms with Gasteiger partial charge in [-0.3, -0.25) is 4.79 Å². The molecular weight excluding hydrogens is 398 g/mol. The summed E-state index contributed by atoms with van der Waals surface area (Å²) in [6.07, 6.45) is 0.0667. The Labute approximate surface area is 172 Å². The molecule has 1 aromatic rings. The van der Waals surface area contributed by atoms with Crippen molar-refractivity contribution in [3.05, 3.63) is 41.8 Å². The van der Waals surface area contributed by atoms with Crippen LogP contribution < -0.4 is 9.50 Å². The molecule has 162 valence electrons. The van der Waals surface area contributed by atoms with Crippen molar-refractivity contribution < 1.29 is 31.7 Å². The number of carbonyl (C=O) groups is 2. The summed E-state index contributed by atoms with van der Waals surface area (Å²) in [6, 6.07) is 6.98. The smallest absolute Gasteiger partial charge is 0.408 e. The van der Waals surface area contributed by atoms with Gasteiger partial charge in [0.15, 0.2) is 0 Å². The van der Waals surface area contributed by atoms with E-state index in [2.05, 4.69) is 5.32 Å². The molecule has 8 nitrogen and oxygen atoms in total. The normalized spacial score (nSPS) is 13.6. The third kappa shape index (κ3) is 11.8. The monoisotopic (exact) mass is 427 g/mol. The van der Waals surface area contributed by atoms with E-state index < -0.39 is 39.4 Å². The fourth-order valence-electron chi connectivity index (χ4n) is 2.02. The van der Waals surface area contributed by atoms with Gasteiger partial charge < -0.3 is 19.0 Å². The van der Waals surface area contributed by atoms with Crippen molar-refractivity contribution in [2.24, 2.45) is 0 Å². The molecule has 0 aliphatic rings. The Morgan fingerprint density at radius 1 is 1.00 bits per heavy atom. The molecule has 1 amide bonds. The molecule has 0 fully saturated rings. The maximum absolute atomic E-state index is 12.2. The number of benzene rings is 1. The molecule has 9 heteroatoms. The van der Waals surface area contributed by atoms with Crippen LogP contribution in [-0.2, 0) is 24.4 Å². The van der Waals surface area contributed by atoms with E-state index in [4.69, 9.17) is 13.7 Å². The molecule has 0 radical (unpaired) electrons. The van der Waals surface area contributed by atoms with Crippen LogP contribution in [0.1, 0.15) is 48.0 Å². The van der Waals surface area contributed by atoms with Gasteiger partial charge >= 0.3 is 22.2 Å². The number of carbonyl (C=O) groups excluding carboxylic acids is 2. The van der Waals surface area contributed by atoms with Crippen molar-refractivity contribution >= 4 is 22.2 Å². The lowest BCUT2D eigenvalue weighted by atomic mass is 10.1. The van der Waals surface area contributed by atoms with Crippen LogP contribution >= 0.6 is 0 Å². The predicted octanol–water partition coefficient (Wildman–Crippen LogP) is 3.53. The lowest BCUT2D eigenvalue weighted by molar-refractivity contribution is -0.155. The molecule has 29 heavy (non-hydrogen) atoms. The maximum atomic E-state index is 12.2. The Morgan fingerprint density at radius 3 is 2.07 bits per heavy atom. The molecule has 0 aliphatic heterocycles. The third-order valence-corrected chi connectivity index (χ3v) is 3.86. The van der Waals surface area contributed by atoms with E-state index in [1.165, 1.54) is 12.1 Å². The minimum Gasteiger partial charge on any atom is -0.460 e.